The lowest BCUT2D eigenvalue weighted by atomic mass is 10.3. The molecular weight excluding hydrogens is 286 g/mol. The summed E-state index contributed by atoms with van der Waals surface area (Å²) in [6.07, 6.45) is 0.894. The van der Waals surface area contributed by atoms with E-state index in [0.717, 1.165) is 26.1 Å². The zero-order valence-corrected chi connectivity index (χ0v) is 14.1. The Kier molecular flexibility index (Phi) is 5.08. The highest BCUT2D eigenvalue weighted by atomic mass is 28.3. The molecule has 3 heteroatoms. The van der Waals surface area contributed by atoms with Crippen LogP contribution in [0.2, 0.25) is 12.1 Å². The van der Waals surface area contributed by atoms with Gasteiger partial charge in [-0.1, -0.05) is 71.0 Å². The predicted molar refractivity (Wildman–Crippen MR) is 95.7 cm³/mol. The van der Waals surface area contributed by atoms with Crippen molar-refractivity contribution in [1.82, 2.24) is 4.90 Å². The Bertz CT molecular complexity index is 523. The highest BCUT2D eigenvalue weighted by Gasteiger charge is 2.39. The predicted octanol–water partition coefficient (Wildman–Crippen LogP) is 1.95. The van der Waals surface area contributed by atoms with Gasteiger partial charge >= 0.3 is 0 Å². The zero-order chi connectivity index (χ0) is 15.3. The molecule has 0 aromatic heterocycles. The van der Waals surface area contributed by atoms with Crippen molar-refractivity contribution < 1.29 is 5.11 Å². The highest BCUT2D eigenvalue weighted by molar-refractivity contribution is 7.02. The molecule has 0 radical (unpaired) electrons. The van der Waals surface area contributed by atoms with E-state index in [9.17, 15) is 0 Å². The zero-order valence-electron chi connectivity index (χ0n) is 13.1. The standard InChI is InChI=1S/C19H25NOSi/c21-15-7-12-20-13-16-22(17-14-20,18-8-3-1-4-9-18)19-10-5-2-6-11-19/h1-6,8-11,21H,7,12-17H2. The second-order valence-electron chi connectivity index (χ2n) is 6.23. The fourth-order valence-corrected chi connectivity index (χ4v) is 8.51. The average molecular weight is 312 g/mol. The van der Waals surface area contributed by atoms with Crippen molar-refractivity contribution in [2.75, 3.05) is 26.2 Å². The Balaban J connectivity index is 1.87. The van der Waals surface area contributed by atoms with E-state index in [-0.39, 0.29) is 0 Å². The van der Waals surface area contributed by atoms with Crippen LogP contribution in [0.15, 0.2) is 60.7 Å². The summed E-state index contributed by atoms with van der Waals surface area (Å²) in [6.45, 7) is 3.66. The van der Waals surface area contributed by atoms with Crippen LogP contribution >= 0.6 is 0 Å². The number of aliphatic hydroxyl groups is 1. The van der Waals surface area contributed by atoms with Gasteiger partial charge in [-0.05, 0) is 31.6 Å². The van der Waals surface area contributed by atoms with E-state index in [0.29, 0.717) is 6.61 Å². The lowest BCUT2D eigenvalue weighted by Gasteiger charge is -2.41. The third kappa shape index (κ3) is 3.17. The fourth-order valence-electron chi connectivity index (χ4n) is 3.71. The first kappa shape index (κ1) is 15.5. The quantitative estimate of drug-likeness (QED) is 0.853. The molecule has 1 saturated heterocycles. The Morgan fingerprint density at radius 2 is 1.32 bits per heavy atom. The molecule has 1 aliphatic rings. The van der Waals surface area contributed by atoms with E-state index in [1.807, 2.05) is 0 Å². The van der Waals surface area contributed by atoms with Gasteiger partial charge in [-0.25, -0.2) is 0 Å². The molecule has 1 N–H and O–H groups in total. The molecule has 1 aliphatic heterocycles. The summed E-state index contributed by atoms with van der Waals surface area (Å²) < 4.78 is 0. The van der Waals surface area contributed by atoms with E-state index < -0.39 is 8.07 Å². The van der Waals surface area contributed by atoms with Crippen LogP contribution in [0.25, 0.3) is 0 Å². The van der Waals surface area contributed by atoms with Gasteiger partial charge in [0.1, 0.15) is 8.07 Å². The van der Waals surface area contributed by atoms with Crippen LogP contribution in [0.4, 0.5) is 0 Å². The van der Waals surface area contributed by atoms with Gasteiger partial charge in [0.2, 0.25) is 0 Å². The maximum Gasteiger partial charge on any atom is 0.120 e. The smallest absolute Gasteiger partial charge is 0.120 e. The minimum absolute atomic E-state index is 0.302. The number of hydrogen-bond donors (Lipinski definition) is 1. The number of rotatable bonds is 5. The van der Waals surface area contributed by atoms with Gasteiger partial charge in [-0.2, -0.15) is 0 Å². The first-order valence-electron chi connectivity index (χ1n) is 8.29. The molecule has 1 heterocycles. The van der Waals surface area contributed by atoms with E-state index in [1.54, 1.807) is 10.4 Å². The molecule has 0 bridgehead atoms. The van der Waals surface area contributed by atoms with Crippen LogP contribution in [0.1, 0.15) is 6.42 Å². The normalized spacial score (nSPS) is 18.2. The summed E-state index contributed by atoms with van der Waals surface area (Å²) in [6, 6.07) is 24.9. The van der Waals surface area contributed by atoms with Crippen LogP contribution < -0.4 is 10.4 Å². The third-order valence-corrected chi connectivity index (χ3v) is 10.0. The Labute approximate surface area is 134 Å². The summed E-state index contributed by atoms with van der Waals surface area (Å²) >= 11 is 0. The number of nitrogens with zero attached hydrogens (tertiary/aromatic N) is 1. The summed E-state index contributed by atoms with van der Waals surface area (Å²) in [4.78, 5) is 2.52. The minimum atomic E-state index is -1.62. The van der Waals surface area contributed by atoms with Crippen LogP contribution in [-0.4, -0.2) is 44.3 Å². The molecule has 0 aliphatic carbocycles. The molecule has 0 amide bonds. The summed E-state index contributed by atoms with van der Waals surface area (Å²) in [7, 11) is -1.62. The molecular formula is C19H25NOSi. The van der Waals surface area contributed by atoms with Gasteiger partial charge in [-0.15, -0.1) is 0 Å². The van der Waals surface area contributed by atoms with Crippen LogP contribution in [0, 0.1) is 0 Å². The van der Waals surface area contributed by atoms with E-state index in [4.69, 9.17) is 5.11 Å². The van der Waals surface area contributed by atoms with Gasteiger partial charge in [-0.3, -0.25) is 0 Å². The monoisotopic (exact) mass is 311 g/mol. The summed E-state index contributed by atoms with van der Waals surface area (Å²) in [5.74, 6) is 0. The van der Waals surface area contributed by atoms with Crippen molar-refractivity contribution in [3.63, 3.8) is 0 Å². The maximum atomic E-state index is 9.04. The average Bonchev–Trinajstić information content (AvgIpc) is 2.62. The van der Waals surface area contributed by atoms with Crippen LogP contribution in [0.5, 0.6) is 0 Å². The molecule has 116 valence electrons. The Morgan fingerprint density at radius 1 is 0.818 bits per heavy atom. The van der Waals surface area contributed by atoms with Crippen molar-refractivity contribution in [2.24, 2.45) is 0 Å². The van der Waals surface area contributed by atoms with Gasteiger partial charge in [0.05, 0.1) is 0 Å². The first-order chi connectivity index (χ1) is 10.8. The number of benzene rings is 2. The Morgan fingerprint density at radius 3 is 1.77 bits per heavy atom. The lowest BCUT2D eigenvalue weighted by molar-refractivity contribution is 0.231. The summed E-state index contributed by atoms with van der Waals surface area (Å²) in [5.41, 5.74) is 0. The topological polar surface area (TPSA) is 23.5 Å². The van der Waals surface area contributed by atoms with Crippen LogP contribution in [0.3, 0.4) is 0 Å². The van der Waals surface area contributed by atoms with Gasteiger partial charge in [0.15, 0.2) is 0 Å². The third-order valence-electron chi connectivity index (χ3n) is 4.99. The fraction of sp³-hybridized carbons (Fsp3) is 0.368. The molecule has 22 heavy (non-hydrogen) atoms. The minimum Gasteiger partial charge on any atom is -0.396 e. The molecule has 0 unspecified atom stereocenters. The molecule has 2 aromatic rings. The highest BCUT2D eigenvalue weighted by Crippen LogP contribution is 2.23. The maximum absolute atomic E-state index is 9.04. The molecule has 1 fully saturated rings. The molecule has 0 saturated carbocycles. The summed E-state index contributed by atoms with van der Waals surface area (Å²) in [5, 5.41) is 12.2. The Hall–Kier alpha value is -1.42. The van der Waals surface area contributed by atoms with Crippen molar-refractivity contribution in [3.05, 3.63) is 60.7 Å². The second-order valence-corrected chi connectivity index (χ2v) is 10.6. The SMILES string of the molecule is OCCCN1CC[Si](c2ccccc2)(c2ccccc2)CC1. The van der Waals surface area contributed by atoms with Crippen molar-refractivity contribution >= 4 is 18.4 Å². The molecule has 3 rings (SSSR count). The van der Waals surface area contributed by atoms with Crippen molar-refractivity contribution in [3.8, 4) is 0 Å². The number of aliphatic hydroxyl groups excluding tert-OH is 1. The largest absolute Gasteiger partial charge is 0.396 e. The number of hydrogen-bond acceptors (Lipinski definition) is 2. The van der Waals surface area contributed by atoms with Crippen molar-refractivity contribution in [1.29, 1.82) is 0 Å². The van der Waals surface area contributed by atoms with Gasteiger partial charge < -0.3 is 10.0 Å². The van der Waals surface area contributed by atoms with Crippen LogP contribution in [-0.2, 0) is 0 Å². The molecule has 2 nitrogen and oxygen atoms in total. The van der Waals surface area contributed by atoms with Gasteiger partial charge in [0, 0.05) is 13.2 Å². The molecule has 2 aromatic carbocycles. The molecule has 0 spiro atoms. The van der Waals surface area contributed by atoms with E-state index >= 15 is 0 Å². The van der Waals surface area contributed by atoms with Gasteiger partial charge in [0.25, 0.3) is 0 Å². The first-order valence-corrected chi connectivity index (χ1v) is 10.7. The van der Waals surface area contributed by atoms with Crippen molar-refractivity contribution in [2.45, 2.75) is 18.5 Å². The second kappa shape index (κ2) is 7.23. The lowest BCUT2D eigenvalue weighted by Crippen LogP contribution is -2.63. The van der Waals surface area contributed by atoms with E-state index in [2.05, 4.69) is 65.6 Å². The molecule has 0 atom stereocenters. The van der Waals surface area contributed by atoms with E-state index in [1.165, 1.54) is 12.1 Å².